The second-order valence-electron chi connectivity index (χ2n) is 12.4. The van der Waals surface area contributed by atoms with Crippen molar-refractivity contribution in [3.63, 3.8) is 0 Å². The van der Waals surface area contributed by atoms with Crippen LogP contribution in [-0.4, -0.2) is 15.0 Å². The monoisotopic (exact) mass is 652 g/mol. The molecule has 0 radical (unpaired) electrons. The number of hydrogen-bond donors (Lipinski definition) is 0. The van der Waals surface area contributed by atoms with E-state index in [2.05, 4.69) is 97.1 Å². The zero-order valence-corrected chi connectivity index (χ0v) is 27.4. The van der Waals surface area contributed by atoms with Gasteiger partial charge in [-0.05, 0) is 69.8 Å². The van der Waals surface area contributed by atoms with E-state index >= 15 is 0 Å². The molecule has 0 atom stereocenters. The van der Waals surface area contributed by atoms with Gasteiger partial charge in [0, 0.05) is 27.5 Å². The van der Waals surface area contributed by atoms with Gasteiger partial charge < -0.3 is 4.42 Å². The first-order valence-electron chi connectivity index (χ1n) is 16.7. The largest absolute Gasteiger partial charge is 0.456 e. The summed E-state index contributed by atoms with van der Waals surface area (Å²) in [5.41, 5.74) is 11.5. The van der Waals surface area contributed by atoms with Crippen LogP contribution in [0.2, 0.25) is 0 Å². The van der Waals surface area contributed by atoms with Gasteiger partial charge in [-0.1, -0.05) is 133 Å². The van der Waals surface area contributed by atoms with Gasteiger partial charge in [0.25, 0.3) is 0 Å². The second kappa shape index (κ2) is 12.7. The minimum atomic E-state index is 0.573. The number of hydrogen-bond acceptors (Lipinski definition) is 5. The molecule has 0 fully saturated rings. The van der Waals surface area contributed by atoms with Crippen LogP contribution in [0.15, 0.2) is 174 Å². The molecule has 51 heavy (non-hydrogen) atoms. The molecule has 0 aliphatic carbocycles. The average Bonchev–Trinajstić information content (AvgIpc) is 3.60. The molecule has 0 unspecified atom stereocenters. The van der Waals surface area contributed by atoms with Crippen LogP contribution in [-0.2, 0) is 0 Å². The van der Waals surface area contributed by atoms with Crippen LogP contribution in [0.3, 0.4) is 0 Å². The second-order valence-corrected chi connectivity index (χ2v) is 12.4. The summed E-state index contributed by atoms with van der Waals surface area (Å²) in [5.74, 6) is 1.77. The zero-order chi connectivity index (χ0) is 34.1. The molecule has 0 spiro atoms. The number of fused-ring (bicyclic) bond motifs is 3. The number of nitrogens with zero attached hydrogens (tertiary/aromatic N) is 4. The molecule has 5 heteroatoms. The van der Waals surface area contributed by atoms with Gasteiger partial charge in [0.2, 0.25) is 0 Å². The Kier molecular flexibility index (Phi) is 7.46. The summed E-state index contributed by atoms with van der Waals surface area (Å²) >= 11 is 0. The highest BCUT2D eigenvalue weighted by Gasteiger charge is 2.17. The Labute approximate surface area is 294 Å². The predicted octanol–water partition coefficient (Wildman–Crippen LogP) is 11.6. The SMILES string of the molecule is N#Cc1ccc(-c2cccc(-c3ccc(-c4nc(-c5ccccc5)nc(-c5ccc6c(c5)oc5cccc(-c7ccccc7)c56)n4)cc3)c2)cc1. The first kappa shape index (κ1) is 29.9. The maximum atomic E-state index is 9.18. The van der Waals surface area contributed by atoms with Crippen LogP contribution in [0.1, 0.15) is 5.56 Å². The van der Waals surface area contributed by atoms with Gasteiger partial charge in [0.1, 0.15) is 11.2 Å². The molecular weight excluding hydrogens is 625 g/mol. The van der Waals surface area contributed by atoms with Gasteiger partial charge in [0.05, 0.1) is 11.6 Å². The molecule has 0 bridgehead atoms. The van der Waals surface area contributed by atoms with Crippen molar-refractivity contribution in [1.29, 1.82) is 5.26 Å². The van der Waals surface area contributed by atoms with Crippen molar-refractivity contribution in [2.75, 3.05) is 0 Å². The van der Waals surface area contributed by atoms with E-state index in [0.29, 0.717) is 23.0 Å². The maximum absolute atomic E-state index is 9.18. The molecule has 0 saturated heterocycles. The number of aromatic nitrogens is 3. The fourth-order valence-electron chi connectivity index (χ4n) is 6.60. The minimum absolute atomic E-state index is 0.573. The summed E-state index contributed by atoms with van der Waals surface area (Å²) in [5, 5.41) is 11.3. The maximum Gasteiger partial charge on any atom is 0.164 e. The topological polar surface area (TPSA) is 75.6 Å². The van der Waals surface area contributed by atoms with E-state index in [1.165, 1.54) is 0 Å². The lowest BCUT2D eigenvalue weighted by Gasteiger charge is -2.10. The summed E-state index contributed by atoms with van der Waals surface area (Å²) in [7, 11) is 0. The Bertz CT molecular complexity index is 2730. The number of benzene rings is 7. The van der Waals surface area contributed by atoms with Gasteiger partial charge >= 0.3 is 0 Å². The van der Waals surface area contributed by atoms with E-state index in [4.69, 9.17) is 19.4 Å². The van der Waals surface area contributed by atoms with Crippen molar-refractivity contribution in [3.8, 4) is 73.6 Å². The van der Waals surface area contributed by atoms with Gasteiger partial charge in [-0.15, -0.1) is 0 Å². The molecule has 9 rings (SSSR count). The van der Waals surface area contributed by atoms with Gasteiger partial charge in [-0.2, -0.15) is 5.26 Å². The zero-order valence-electron chi connectivity index (χ0n) is 27.4. The summed E-state index contributed by atoms with van der Waals surface area (Å²) in [6, 6.07) is 59.4. The van der Waals surface area contributed by atoms with E-state index in [-0.39, 0.29) is 0 Å². The highest BCUT2D eigenvalue weighted by Crippen LogP contribution is 2.38. The molecular formula is C46H28N4O. The minimum Gasteiger partial charge on any atom is -0.456 e. The molecule has 2 heterocycles. The number of nitriles is 1. The summed E-state index contributed by atoms with van der Waals surface area (Å²) in [6.07, 6.45) is 0. The third-order valence-electron chi connectivity index (χ3n) is 9.19. The first-order valence-corrected chi connectivity index (χ1v) is 16.7. The van der Waals surface area contributed by atoms with Crippen LogP contribution in [0, 0.1) is 11.3 Å². The summed E-state index contributed by atoms with van der Waals surface area (Å²) in [6.45, 7) is 0. The molecule has 5 nitrogen and oxygen atoms in total. The third-order valence-corrected chi connectivity index (χ3v) is 9.19. The van der Waals surface area contributed by atoms with Crippen LogP contribution in [0.4, 0.5) is 0 Å². The average molecular weight is 653 g/mol. The van der Waals surface area contributed by atoms with Crippen molar-refractivity contribution < 1.29 is 4.42 Å². The normalized spacial score (nSPS) is 11.1. The highest BCUT2D eigenvalue weighted by molar-refractivity contribution is 6.13. The van der Waals surface area contributed by atoms with Crippen molar-refractivity contribution in [1.82, 2.24) is 15.0 Å². The summed E-state index contributed by atoms with van der Waals surface area (Å²) in [4.78, 5) is 14.9. The van der Waals surface area contributed by atoms with Crippen LogP contribution < -0.4 is 0 Å². The van der Waals surface area contributed by atoms with Crippen molar-refractivity contribution in [3.05, 3.63) is 175 Å². The fraction of sp³-hybridized carbons (Fsp3) is 0. The molecule has 0 aliphatic heterocycles. The lowest BCUT2D eigenvalue weighted by molar-refractivity contribution is 0.669. The van der Waals surface area contributed by atoms with Gasteiger partial charge in [0.15, 0.2) is 17.5 Å². The van der Waals surface area contributed by atoms with Crippen molar-refractivity contribution in [2.24, 2.45) is 0 Å². The molecule has 9 aromatic rings. The lowest BCUT2D eigenvalue weighted by atomic mass is 9.98. The lowest BCUT2D eigenvalue weighted by Crippen LogP contribution is -2.00. The van der Waals surface area contributed by atoms with E-state index < -0.39 is 0 Å². The van der Waals surface area contributed by atoms with Gasteiger partial charge in [-0.25, -0.2) is 15.0 Å². The molecule has 0 aliphatic rings. The van der Waals surface area contributed by atoms with E-state index in [0.717, 1.165) is 72.0 Å². The molecule has 7 aromatic carbocycles. The highest BCUT2D eigenvalue weighted by atomic mass is 16.3. The van der Waals surface area contributed by atoms with Crippen molar-refractivity contribution in [2.45, 2.75) is 0 Å². The molecule has 0 N–H and O–H groups in total. The first-order chi connectivity index (χ1) is 25.2. The number of rotatable bonds is 6. The fourth-order valence-corrected chi connectivity index (χ4v) is 6.60. The molecule has 2 aromatic heterocycles. The van der Waals surface area contributed by atoms with Crippen LogP contribution in [0.25, 0.3) is 89.5 Å². The van der Waals surface area contributed by atoms with E-state index in [9.17, 15) is 5.26 Å². The Balaban J connectivity index is 1.10. The number of furan rings is 1. The van der Waals surface area contributed by atoms with E-state index in [1.54, 1.807) is 0 Å². The summed E-state index contributed by atoms with van der Waals surface area (Å²) < 4.78 is 6.42. The molecule has 238 valence electrons. The van der Waals surface area contributed by atoms with E-state index in [1.807, 2.05) is 78.9 Å². The van der Waals surface area contributed by atoms with Crippen LogP contribution in [0.5, 0.6) is 0 Å². The smallest absolute Gasteiger partial charge is 0.164 e. The molecule has 0 amide bonds. The van der Waals surface area contributed by atoms with Gasteiger partial charge in [-0.3, -0.25) is 0 Å². The Hall–Kier alpha value is -7.16. The third kappa shape index (κ3) is 5.71. The Morgan fingerprint density at radius 2 is 0.902 bits per heavy atom. The Morgan fingerprint density at radius 3 is 1.55 bits per heavy atom. The standard InChI is InChI=1S/C46H28N4O/c47-29-30-17-19-31(20-18-30)36-13-7-14-37(27-36)32-21-23-35(24-22-32)45-48-44(34-11-5-2-6-12-34)49-46(50-45)38-25-26-40-42(28-38)51-41-16-8-15-39(43(40)41)33-9-3-1-4-10-33/h1-28H. The van der Waals surface area contributed by atoms with Crippen molar-refractivity contribution >= 4 is 21.9 Å². The predicted molar refractivity (Wildman–Crippen MR) is 204 cm³/mol. The quantitative estimate of drug-likeness (QED) is 0.179. The Morgan fingerprint density at radius 1 is 0.392 bits per heavy atom. The van der Waals surface area contributed by atoms with Crippen LogP contribution >= 0.6 is 0 Å². The molecule has 0 saturated carbocycles.